The van der Waals surface area contributed by atoms with Crippen LogP contribution in [-0.4, -0.2) is 62.1 Å². The Morgan fingerprint density at radius 2 is 1.79 bits per heavy atom. The summed E-state index contributed by atoms with van der Waals surface area (Å²) in [6.07, 6.45) is 6.51. The van der Waals surface area contributed by atoms with Gasteiger partial charge < -0.3 is 19.1 Å². The van der Waals surface area contributed by atoms with Crippen LogP contribution in [0.4, 0.5) is 5.82 Å². The van der Waals surface area contributed by atoms with Crippen molar-refractivity contribution in [3.63, 3.8) is 0 Å². The number of nitrogens with zero attached hydrogens (tertiary/aromatic N) is 6. The second-order valence-corrected chi connectivity index (χ2v) is 11.1. The van der Waals surface area contributed by atoms with Crippen molar-refractivity contribution in [2.45, 2.75) is 59.2 Å². The van der Waals surface area contributed by atoms with E-state index in [1.807, 2.05) is 58.3 Å². The van der Waals surface area contributed by atoms with Crippen LogP contribution in [0.2, 0.25) is 0 Å². The molecule has 0 aromatic carbocycles. The Bertz CT molecular complexity index is 1170. The van der Waals surface area contributed by atoms with Gasteiger partial charge in [-0.3, -0.25) is 0 Å². The SMILES string of the molecule is CC(C)(C)Oc1ncc(-c2cc3c(N4CCC5(COC5)C4)nccn3n2)c(OC(C)(C)C)n1. The smallest absolute Gasteiger partial charge is 0.320 e. The minimum Gasteiger partial charge on any atom is -0.471 e. The minimum atomic E-state index is -0.442. The van der Waals surface area contributed by atoms with E-state index in [1.54, 1.807) is 12.4 Å². The van der Waals surface area contributed by atoms with Gasteiger partial charge in [0.2, 0.25) is 5.88 Å². The molecule has 0 bridgehead atoms. The van der Waals surface area contributed by atoms with E-state index in [0.29, 0.717) is 11.4 Å². The molecule has 0 N–H and O–H groups in total. The summed E-state index contributed by atoms with van der Waals surface area (Å²) in [5, 5.41) is 4.80. The van der Waals surface area contributed by atoms with Crippen LogP contribution in [0.3, 0.4) is 0 Å². The fourth-order valence-electron chi connectivity index (χ4n) is 4.24. The molecule has 5 heterocycles. The summed E-state index contributed by atoms with van der Waals surface area (Å²) in [5.74, 6) is 1.38. The zero-order valence-corrected chi connectivity index (χ0v) is 20.3. The zero-order valence-electron chi connectivity index (χ0n) is 20.3. The molecule has 9 heteroatoms. The van der Waals surface area contributed by atoms with E-state index in [1.165, 1.54) is 0 Å². The van der Waals surface area contributed by atoms with Crippen molar-refractivity contribution in [1.29, 1.82) is 0 Å². The van der Waals surface area contributed by atoms with E-state index in [-0.39, 0.29) is 11.4 Å². The van der Waals surface area contributed by atoms with Crippen molar-refractivity contribution in [3.05, 3.63) is 24.7 Å². The van der Waals surface area contributed by atoms with Crippen LogP contribution in [-0.2, 0) is 4.74 Å². The fourth-order valence-corrected chi connectivity index (χ4v) is 4.24. The van der Waals surface area contributed by atoms with Gasteiger partial charge >= 0.3 is 6.01 Å². The molecule has 0 aliphatic carbocycles. The fraction of sp³-hybridized carbons (Fsp3) is 0.583. The highest BCUT2D eigenvalue weighted by molar-refractivity contribution is 5.77. The lowest BCUT2D eigenvalue weighted by Gasteiger charge is -2.37. The second-order valence-electron chi connectivity index (χ2n) is 11.1. The lowest BCUT2D eigenvalue weighted by molar-refractivity contribution is -0.0985. The molecule has 5 rings (SSSR count). The molecular formula is C24H32N6O3. The van der Waals surface area contributed by atoms with Gasteiger partial charge in [-0.1, -0.05) is 0 Å². The molecule has 176 valence electrons. The Morgan fingerprint density at radius 3 is 2.42 bits per heavy atom. The highest BCUT2D eigenvalue weighted by Gasteiger charge is 2.45. The average Bonchev–Trinajstić information content (AvgIpc) is 3.30. The van der Waals surface area contributed by atoms with Crippen molar-refractivity contribution in [3.8, 4) is 23.1 Å². The number of anilines is 1. The van der Waals surface area contributed by atoms with Gasteiger partial charge in [-0.15, -0.1) is 0 Å². The summed E-state index contributed by atoms with van der Waals surface area (Å²) in [6, 6.07) is 2.31. The predicted molar refractivity (Wildman–Crippen MR) is 125 cm³/mol. The van der Waals surface area contributed by atoms with Crippen molar-refractivity contribution >= 4 is 11.3 Å². The molecule has 2 fully saturated rings. The van der Waals surface area contributed by atoms with Crippen LogP contribution in [0.1, 0.15) is 48.0 Å². The van der Waals surface area contributed by atoms with Gasteiger partial charge in [-0.25, -0.2) is 14.5 Å². The minimum absolute atomic E-state index is 0.279. The number of hydrogen-bond donors (Lipinski definition) is 0. The van der Waals surface area contributed by atoms with Gasteiger partial charge in [-0.05, 0) is 54.0 Å². The Hall–Kier alpha value is -2.94. The third kappa shape index (κ3) is 4.46. The topological polar surface area (TPSA) is 86.9 Å². The van der Waals surface area contributed by atoms with E-state index >= 15 is 0 Å². The molecule has 0 unspecified atom stereocenters. The van der Waals surface area contributed by atoms with E-state index in [2.05, 4.69) is 14.9 Å². The molecule has 33 heavy (non-hydrogen) atoms. The third-order valence-corrected chi connectivity index (χ3v) is 5.73. The summed E-state index contributed by atoms with van der Waals surface area (Å²) in [4.78, 5) is 16.1. The van der Waals surface area contributed by atoms with E-state index in [9.17, 15) is 0 Å². The molecule has 2 aliphatic rings. The summed E-state index contributed by atoms with van der Waals surface area (Å²) in [5.41, 5.74) is 1.81. The molecule has 0 radical (unpaired) electrons. The van der Waals surface area contributed by atoms with Crippen LogP contribution in [0.15, 0.2) is 24.7 Å². The molecule has 2 aliphatic heterocycles. The lowest BCUT2D eigenvalue weighted by Crippen LogP contribution is -2.44. The molecule has 9 nitrogen and oxygen atoms in total. The first-order chi connectivity index (χ1) is 15.5. The Kier molecular flexibility index (Phi) is 5.00. The number of fused-ring (bicyclic) bond motifs is 1. The van der Waals surface area contributed by atoms with Crippen LogP contribution in [0.25, 0.3) is 16.8 Å². The molecule has 0 saturated carbocycles. The quantitative estimate of drug-likeness (QED) is 0.591. The van der Waals surface area contributed by atoms with Crippen LogP contribution >= 0.6 is 0 Å². The van der Waals surface area contributed by atoms with Crippen molar-refractivity contribution in [1.82, 2.24) is 24.6 Å². The maximum absolute atomic E-state index is 6.20. The van der Waals surface area contributed by atoms with Gasteiger partial charge in [0.15, 0.2) is 5.82 Å². The number of hydrogen-bond acceptors (Lipinski definition) is 8. The van der Waals surface area contributed by atoms with Gasteiger partial charge in [0, 0.05) is 37.1 Å². The zero-order chi connectivity index (χ0) is 23.4. The predicted octanol–water partition coefficient (Wildman–Crippen LogP) is 3.77. The van der Waals surface area contributed by atoms with Gasteiger partial charge in [0.05, 0.1) is 18.8 Å². The normalized spacial score (nSPS) is 18.1. The maximum Gasteiger partial charge on any atom is 0.320 e. The van der Waals surface area contributed by atoms with Crippen LogP contribution in [0.5, 0.6) is 11.9 Å². The van der Waals surface area contributed by atoms with Crippen molar-refractivity contribution < 1.29 is 14.2 Å². The lowest BCUT2D eigenvalue weighted by atomic mass is 9.85. The molecule has 2 saturated heterocycles. The van der Waals surface area contributed by atoms with Crippen LogP contribution in [0, 0.1) is 5.41 Å². The van der Waals surface area contributed by atoms with E-state index in [4.69, 9.17) is 24.3 Å². The highest BCUT2D eigenvalue weighted by atomic mass is 16.5. The van der Waals surface area contributed by atoms with Gasteiger partial charge in [0.25, 0.3) is 0 Å². The van der Waals surface area contributed by atoms with Gasteiger partial charge in [0.1, 0.15) is 22.4 Å². The summed E-state index contributed by atoms with van der Waals surface area (Å²) in [7, 11) is 0. The Morgan fingerprint density at radius 1 is 1.03 bits per heavy atom. The Balaban J connectivity index is 1.53. The standard InChI is InChI=1S/C24H32N6O3/c1-22(2,3)32-20-16(12-26-21(27-20)33-23(4,5)6)17-11-18-19(25-8-10-30(18)28-17)29-9-7-24(13-29)14-31-15-24/h8,10-12H,7,9,13-15H2,1-6H3. The number of ether oxygens (including phenoxy) is 3. The van der Waals surface area contributed by atoms with Crippen LogP contribution < -0.4 is 14.4 Å². The highest BCUT2D eigenvalue weighted by Crippen LogP contribution is 2.40. The first-order valence-corrected chi connectivity index (χ1v) is 11.4. The van der Waals surface area contributed by atoms with E-state index in [0.717, 1.165) is 49.8 Å². The van der Waals surface area contributed by atoms with E-state index < -0.39 is 11.2 Å². The van der Waals surface area contributed by atoms with Crippen molar-refractivity contribution in [2.75, 3.05) is 31.2 Å². The molecule has 0 atom stereocenters. The molecule has 3 aromatic heterocycles. The molecule has 0 amide bonds. The third-order valence-electron chi connectivity index (χ3n) is 5.73. The van der Waals surface area contributed by atoms with Crippen molar-refractivity contribution in [2.24, 2.45) is 5.41 Å². The summed E-state index contributed by atoms with van der Waals surface area (Å²) < 4.78 is 19.4. The first kappa shape index (κ1) is 21.9. The summed E-state index contributed by atoms with van der Waals surface area (Å²) >= 11 is 0. The first-order valence-electron chi connectivity index (χ1n) is 11.4. The molecular weight excluding hydrogens is 420 g/mol. The second kappa shape index (κ2) is 7.55. The van der Waals surface area contributed by atoms with Gasteiger partial charge in [-0.2, -0.15) is 10.1 Å². The molecule has 1 spiro atoms. The monoisotopic (exact) mass is 452 g/mol. The summed E-state index contributed by atoms with van der Waals surface area (Å²) in [6.45, 7) is 15.5. The number of aromatic nitrogens is 5. The number of rotatable bonds is 4. The Labute approximate surface area is 194 Å². The maximum atomic E-state index is 6.20. The average molecular weight is 453 g/mol. The largest absolute Gasteiger partial charge is 0.471 e. The molecule has 3 aromatic rings.